The predicted molar refractivity (Wildman–Crippen MR) is 92.6 cm³/mol. The first kappa shape index (κ1) is 18.8. The van der Waals surface area contributed by atoms with Gasteiger partial charge in [0.1, 0.15) is 12.2 Å². The molecule has 1 amide bonds. The van der Waals surface area contributed by atoms with Gasteiger partial charge in [-0.05, 0) is 51.4 Å². The van der Waals surface area contributed by atoms with Gasteiger partial charge in [0, 0.05) is 5.57 Å². The third kappa shape index (κ3) is 5.25. The van der Waals surface area contributed by atoms with Gasteiger partial charge in [0.05, 0.1) is 6.54 Å². The molecule has 0 aromatic heterocycles. The van der Waals surface area contributed by atoms with Crippen molar-refractivity contribution in [1.29, 1.82) is 0 Å². The zero-order valence-electron chi connectivity index (χ0n) is 14.9. The van der Waals surface area contributed by atoms with Crippen LogP contribution in [0.4, 0.5) is 4.79 Å². The maximum absolute atomic E-state index is 12.2. The van der Waals surface area contributed by atoms with E-state index in [-0.39, 0.29) is 24.8 Å². The van der Waals surface area contributed by atoms with Crippen LogP contribution in [0.2, 0.25) is 0 Å². The average Bonchev–Trinajstić information content (AvgIpc) is 2.60. The van der Waals surface area contributed by atoms with Gasteiger partial charge >= 0.3 is 12.1 Å². The van der Waals surface area contributed by atoms with E-state index in [1.54, 1.807) is 6.92 Å². The molecule has 0 spiro atoms. The largest absolute Gasteiger partial charge is 0.460 e. The highest BCUT2D eigenvalue weighted by Gasteiger charge is 2.43. The minimum atomic E-state index is -0.434. The zero-order valence-corrected chi connectivity index (χ0v) is 14.9. The molecule has 0 saturated heterocycles. The SMILES string of the molecule is C=C(C)C(=O)OCCNC(=O)OC1(C2CCCCC2)CCCCC1. The van der Waals surface area contributed by atoms with Gasteiger partial charge in [0.2, 0.25) is 0 Å². The summed E-state index contributed by atoms with van der Waals surface area (Å²) in [5.74, 6) is 0.0645. The van der Waals surface area contributed by atoms with Gasteiger partial charge in [-0.2, -0.15) is 0 Å². The molecule has 0 bridgehead atoms. The molecule has 2 saturated carbocycles. The number of carbonyl (C=O) groups is 2. The van der Waals surface area contributed by atoms with E-state index < -0.39 is 5.97 Å². The lowest BCUT2D eigenvalue weighted by atomic mass is 9.70. The van der Waals surface area contributed by atoms with Crippen LogP contribution in [0.3, 0.4) is 0 Å². The molecule has 0 aromatic carbocycles. The molecule has 2 rings (SSSR count). The van der Waals surface area contributed by atoms with Gasteiger partial charge in [-0.15, -0.1) is 0 Å². The van der Waals surface area contributed by atoms with E-state index >= 15 is 0 Å². The van der Waals surface area contributed by atoms with Gasteiger partial charge in [0.25, 0.3) is 0 Å². The molecule has 2 aliphatic carbocycles. The summed E-state index contributed by atoms with van der Waals surface area (Å²) in [7, 11) is 0. The Morgan fingerprint density at radius 2 is 1.71 bits per heavy atom. The fraction of sp³-hybridized carbons (Fsp3) is 0.789. The van der Waals surface area contributed by atoms with E-state index in [1.807, 2.05) is 0 Å². The van der Waals surface area contributed by atoms with Gasteiger partial charge in [0.15, 0.2) is 0 Å². The molecule has 5 nitrogen and oxygen atoms in total. The van der Waals surface area contributed by atoms with E-state index in [1.165, 1.54) is 38.5 Å². The molecule has 0 radical (unpaired) electrons. The first-order chi connectivity index (χ1) is 11.5. The monoisotopic (exact) mass is 337 g/mol. The standard InChI is InChI=1S/C19H31NO4/c1-15(2)17(21)23-14-13-20-18(22)24-19(11-7-4-8-12-19)16-9-5-3-6-10-16/h16H,1,3-14H2,2H3,(H,20,22). The average molecular weight is 337 g/mol. The van der Waals surface area contributed by atoms with E-state index in [2.05, 4.69) is 11.9 Å². The fourth-order valence-corrected chi connectivity index (χ4v) is 4.01. The van der Waals surface area contributed by atoms with E-state index in [0.29, 0.717) is 11.5 Å². The Kier molecular flexibility index (Phi) is 7.13. The second-order valence-corrected chi connectivity index (χ2v) is 7.19. The number of esters is 1. The lowest BCUT2D eigenvalue weighted by molar-refractivity contribution is -0.138. The predicted octanol–water partition coefficient (Wildman–Crippen LogP) is 4.12. The molecule has 24 heavy (non-hydrogen) atoms. The van der Waals surface area contributed by atoms with Crippen LogP contribution in [0.5, 0.6) is 0 Å². The Morgan fingerprint density at radius 3 is 2.33 bits per heavy atom. The van der Waals surface area contributed by atoms with Crippen molar-refractivity contribution in [2.75, 3.05) is 13.2 Å². The van der Waals surface area contributed by atoms with Crippen molar-refractivity contribution in [2.45, 2.75) is 76.7 Å². The van der Waals surface area contributed by atoms with Crippen LogP contribution in [0.15, 0.2) is 12.2 Å². The fourth-order valence-electron chi connectivity index (χ4n) is 4.01. The first-order valence-electron chi connectivity index (χ1n) is 9.33. The molecular formula is C19H31NO4. The molecule has 136 valence electrons. The number of ether oxygens (including phenoxy) is 2. The van der Waals surface area contributed by atoms with Crippen molar-refractivity contribution in [1.82, 2.24) is 5.32 Å². The van der Waals surface area contributed by atoms with Crippen molar-refractivity contribution in [3.05, 3.63) is 12.2 Å². The van der Waals surface area contributed by atoms with Crippen LogP contribution < -0.4 is 5.32 Å². The third-order valence-corrected chi connectivity index (χ3v) is 5.30. The maximum atomic E-state index is 12.2. The summed E-state index contributed by atoms with van der Waals surface area (Å²) in [5.41, 5.74) is 0.0768. The molecule has 2 aliphatic rings. The van der Waals surface area contributed by atoms with Gasteiger partial charge < -0.3 is 14.8 Å². The summed E-state index contributed by atoms with van der Waals surface area (Å²) < 4.78 is 10.9. The number of amides is 1. The quantitative estimate of drug-likeness (QED) is 0.450. The molecule has 0 heterocycles. The Morgan fingerprint density at radius 1 is 1.08 bits per heavy atom. The Balaban J connectivity index is 1.81. The smallest absolute Gasteiger partial charge is 0.407 e. The third-order valence-electron chi connectivity index (χ3n) is 5.30. The summed E-state index contributed by atoms with van der Waals surface area (Å²) in [6.45, 7) is 5.52. The van der Waals surface area contributed by atoms with Crippen molar-refractivity contribution >= 4 is 12.1 Å². The van der Waals surface area contributed by atoms with Crippen LogP contribution in [-0.2, 0) is 14.3 Å². The second-order valence-electron chi connectivity index (χ2n) is 7.19. The molecule has 0 atom stereocenters. The van der Waals surface area contributed by atoms with Crippen molar-refractivity contribution < 1.29 is 19.1 Å². The minimum absolute atomic E-state index is 0.136. The summed E-state index contributed by atoms with van der Waals surface area (Å²) in [6.07, 6.45) is 11.2. The van der Waals surface area contributed by atoms with Gasteiger partial charge in [-0.25, -0.2) is 9.59 Å². The van der Waals surface area contributed by atoms with Crippen LogP contribution in [0, 0.1) is 5.92 Å². The van der Waals surface area contributed by atoms with Crippen LogP contribution in [0.25, 0.3) is 0 Å². The van der Waals surface area contributed by atoms with E-state index in [9.17, 15) is 9.59 Å². The van der Waals surface area contributed by atoms with Crippen molar-refractivity contribution in [3.63, 3.8) is 0 Å². The van der Waals surface area contributed by atoms with E-state index in [0.717, 1.165) is 25.7 Å². The molecule has 0 aliphatic heterocycles. The van der Waals surface area contributed by atoms with Gasteiger partial charge in [-0.1, -0.05) is 32.3 Å². The summed E-state index contributed by atoms with van der Waals surface area (Å²) >= 11 is 0. The number of rotatable bonds is 6. The van der Waals surface area contributed by atoms with Crippen LogP contribution in [0.1, 0.15) is 71.1 Å². The molecule has 0 unspecified atom stereocenters. The molecule has 1 N–H and O–H groups in total. The lowest BCUT2D eigenvalue weighted by Crippen LogP contribution is -2.47. The van der Waals surface area contributed by atoms with Crippen molar-refractivity contribution in [3.8, 4) is 0 Å². The number of hydrogen-bond donors (Lipinski definition) is 1. The Labute approximate surface area is 145 Å². The molecule has 5 heteroatoms. The summed E-state index contributed by atoms with van der Waals surface area (Å²) in [6, 6.07) is 0. The van der Waals surface area contributed by atoms with E-state index in [4.69, 9.17) is 9.47 Å². The molecular weight excluding hydrogens is 306 g/mol. The summed E-state index contributed by atoms with van der Waals surface area (Å²) in [5, 5.41) is 2.72. The number of carbonyl (C=O) groups excluding carboxylic acids is 2. The number of alkyl carbamates (subject to hydrolysis) is 1. The maximum Gasteiger partial charge on any atom is 0.407 e. The molecule has 0 aromatic rings. The van der Waals surface area contributed by atoms with Gasteiger partial charge in [-0.3, -0.25) is 0 Å². The highest BCUT2D eigenvalue weighted by Crippen LogP contribution is 2.44. The highest BCUT2D eigenvalue weighted by atomic mass is 16.6. The minimum Gasteiger partial charge on any atom is -0.460 e. The Bertz CT molecular complexity index is 448. The zero-order chi connectivity index (χ0) is 17.4. The first-order valence-corrected chi connectivity index (χ1v) is 9.33. The summed E-state index contributed by atoms with van der Waals surface area (Å²) in [4.78, 5) is 23.5. The second kappa shape index (κ2) is 9.09. The van der Waals surface area contributed by atoms with Crippen LogP contribution in [-0.4, -0.2) is 30.8 Å². The number of hydrogen-bond acceptors (Lipinski definition) is 4. The molecule has 2 fully saturated rings. The van der Waals surface area contributed by atoms with Crippen LogP contribution >= 0.6 is 0 Å². The van der Waals surface area contributed by atoms with Crippen molar-refractivity contribution in [2.24, 2.45) is 5.92 Å². The topological polar surface area (TPSA) is 64.6 Å². The normalized spacial score (nSPS) is 20.9. The highest BCUT2D eigenvalue weighted by molar-refractivity contribution is 5.86. The lowest BCUT2D eigenvalue weighted by Gasteiger charge is -2.44. The Hall–Kier alpha value is -1.52. The number of nitrogens with one attached hydrogen (secondary N) is 1.